The van der Waals surface area contributed by atoms with E-state index in [2.05, 4.69) is 21.2 Å². The Bertz CT molecular complexity index is 1420. The molecule has 0 unspecified atom stereocenters. The van der Waals surface area contributed by atoms with Crippen LogP contribution in [0.5, 0.6) is 5.75 Å². The Labute approximate surface area is 251 Å². The highest BCUT2D eigenvalue weighted by molar-refractivity contribution is 9.10. The molecule has 10 heteroatoms. The fraction of sp³-hybridized carbons (Fsp3) is 0.355. The summed E-state index contributed by atoms with van der Waals surface area (Å²) >= 11 is 3.50. The number of hydrogen-bond donors (Lipinski definition) is 1. The molecule has 3 aromatic carbocycles. The first-order valence-corrected chi connectivity index (χ1v) is 16.1. The molecule has 0 aliphatic carbocycles. The zero-order valence-corrected chi connectivity index (χ0v) is 26.3. The SMILES string of the molecule is COc1ccccc1N(CCCC(=O)N(Cc1cccc(Br)c1)[C@H](Cc1ccccc1)C(=O)NC(C)C)S(C)(=O)=O. The molecule has 1 N–H and O–H groups in total. The highest BCUT2D eigenvalue weighted by Crippen LogP contribution is 2.30. The summed E-state index contributed by atoms with van der Waals surface area (Å²) < 4.78 is 32.9. The standard InChI is InChI=1S/C31H38BrN3O5S/c1-23(2)33-31(37)28(21-24-12-6-5-7-13-24)34(22-25-14-10-15-26(32)20-25)30(36)18-11-19-35(41(4,38)39)27-16-8-9-17-29(27)40-3/h5-10,12-17,20,23,28H,11,18-19,21-22H2,1-4H3,(H,33,37)/t28-/m1/s1. The normalized spacial score (nSPS) is 12.0. The van der Waals surface area contributed by atoms with Crippen LogP contribution in [-0.4, -0.2) is 57.1 Å². The van der Waals surface area contributed by atoms with E-state index in [0.717, 1.165) is 21.9 Å². The lowest BCUT2D eigenvalue weighted by molar-refractivity contribution is -0.141. The average Bonchev–Trinajstić information content (AvgIpc) is 2.92. The minimum absolute atomic E-state index is 0.0510. The molecule has 0 fully saturated rings. The maximum absolute atomic E-state index is 13.9. The van der Waals surface area contributed by atoms with Crippen molar-refractivity contribution < 1.29 is 22.7 Å². The maximum Gasteiger partial charge on any atom is 0.243 e. The first kappa shape index (κ1) is 32.1. The van der Waals surface area contributed by atoms with Crippen LogP contribution in [0.1, 0.15) is 37.8 Å². The number of ether oxygens (including phenoxy) is 1. The van der Waals surface area contributed by atoms with Crippen LogP contribution in [0.4, 0.5) is 5.69 Å². The van der Waals surface area contributed by atoms with Crippen molar-refractivity contribution in [3.05, 3.63) is 94.5 Å². The van der Waals surface area contributed by atoms with Gasteiger partial charge in [-0.3, -0.25) is 13.9 Å². The third kappa shape index (κ3) is 9.60. The Balaban J connectivity index is 1.90. The van der Waals surface area contributed by atoms with E-state index in [4.69, 9.17) is 4.74 Å². The number of hydrogen-bond acceptors (Lipinski definition) is 5. The van der Waals surface area contributed by atoms with Gasteiger partial charge in [-0.15, -0.1) is 0 Å². The Kier molecular flexibility index (Phi) is 11.8. The van der Waals surface area contributed by atoms with Gasteiger partial charge in [0.05, 0.1) is 19.1 Å². The van der Waals surface area contributed by atoms with Gasteiger partial charge in [-0.2, -0.15) is 0 Å². The highest BCUT2D eigenvalue weighted by Gasteiger charge is 2.31. The quantitative estimate of drug-likeness (QED) is 0.262. The Hall–Kier alpha value is -3.37. The molecule has 3 aromatic rings. The van der Waals surface area contributed by atoms with Gasteiger partial charge in [0, 0.05) is 36.4 Å². The third-order valence-corrected chi connectivity index (χ3v) is 8.12. The van der Waals surface area contributed by atoms with E-state index in [1.54, 1.807) is 29.2 Å². The van der Waals surface area contributed by atoms with E-state index in [1.165, 1.54) is 11.4 Å². The van der Waals surface area contributed by atoms with Crippen LogP contribution in [0.2, 0.25) is 0 Å². The summed E-state index contributed by atoms with van der Waals surface area (Å²) in [5, 5.41) is 2.98. The minimum atomic E-state index is -3.65. The molecule has 0 heterocycles. The van der Waals surface area contributed by atoms with E-state index in [1.807, 2.05) is 68.4 Å². The third-order valence-electron chi connectivity index (χ3n) is 6.45. The fourth-order valence-corrected chi connectivity index (χ4v) is 6.00. The van der Waals surface area contributed by atoms with Crippen molar-refractivity contribution in [1.82, 2.24) is 10.2 Å². The predicted octanol–water partition coefficient (Wildman–Crippen LogP) is 5.17. The fourth-order valence-electron chi connectivity index (χ4n) is 4.58. The number of halogens is 1. The molecule has 0 saturated carbocycles. The number of para-hydroxylation sites is 2. The zero-order chi connectivity index (χ0) is 30.0. The van der Waals surface area contributed by atoms with Crippen LogP contribution < -0.4 is 14.4 Å². The number of sulfonamides is 1. The smallest absolute Gasteiger partial charge is 0.243 e. The van der Waals surface area contributed by atoms with Crippen molar-refractivity contribution in [2.24, 2.45) is 0 Å². The molecule has 0 aromatic heterocycles. The van der Waals surface area contributed by atoms with Gasteiger partial charge in [0.2, 0.25) is 21.8 Å². The molecule has 0 bridgehead atoms. The van der Waals surface area contributed by atoms with E-state index in [9.17, 15) is 18.0 Å². The Morgan fingerprint density at radius 1 is 0.951 bits per heavy atom. The van der Waals surface area contributed by atoms with E-state index in [0.29, 0.717) is 17.9 Å². The van der Waals surface area contributed by atoms with Crippen LogP contribution in [0.25, 0.3) is 0 Å². The summed E-state index contributed by atoms with van der Waals surface area (Å²) in [4.78, 5) is 29.0. The number of benzene rings is 3. The second-order valence-corrected chi connectivity index (χ2v) is 13.0. The number of carbonyl (C=O) groups excluding carboxylic acids is 2. The van der Waals surface area contributed by atoms with Gasteiger partial charge in [-0.25, -0.2) is 8.42 Å². The van der Waals surface area contributed by atoms with Crippen molar-refractivity contribution in [2.75, 3.05) is 24.2 Å². The minimum Gasteiger partial charge on any atom is -0.495 e. The highest BCUT2D eigenvalue weighted by atomic mass is 79.9. The zero-order valence-electron chi connectivity index (χ0n) is 23.9. The van der Waals surface area contributed by atoms with Gasteiger partial charge in [-0.1, -0.05) is 70.5 Å². The van der Waals surface area contributed by atoms with Crippen LogP contribution in [-0.2, 0) is 32.6 Å². The van der Waals surface area contributed by atoms with Gasteiger partial charge in [-0.05, 0) is 55.7 Å². The number of nitrogens with one attached hydrogen (secondary N) is 1. The van der Waals surface area contributed by atoms with Crippen molar-refractivity contribution in [1.29, 1.82) is 0 Å². The van der Waals surface area contributed by atoms with Crippen molar-refractivity contribution in [2.45, 2.75) is 51.7 Å². The van der Waals surface area contributed by atoms with E-state index in [-0.39, 0.29) is 43.8 Å². The van der Waals surface area contributed by atoms with Crippen LogP contribution in [0.15, 0.2) is 83.3 Å². The molecule has 0 aliphatic rings. The lowest BCUT2D eigenvalue weighted by Crippen LogP contribution is -2.51. The topological polar surface area (TPSA) is 96.0 Å². The first-order chi connectivity index (χ1) is 19.5. The summed E-state index contributed by atoms with van der Waals surface area (Å²) in [7, 11) is -2.16. The Morgan fingerprint density at radius 2 is 1.61 bits per heavy atom. The number of amides is 2. The van der Waals surface area contributed by atoms with Crippen LogP contribution in [0, 0.1) is 0 Å². The largest absolute Gasteiger partial charge is 0.495 e. The van der Waals surface area contributed by atoms with Gasteiger partial charge < -0.3 is 15.0 Å². The van der Waals surface area contributed by atoms with Crippen LogP contribution in [0.3, 0.4) is 0 Å². The predicted molar refractivity (Wildman–Crippen MR) is 166 cm³/mol. The van der Waals surface area contributed by atoms with Gasteiger partial charge >= 0.3 is 0 Å². The molecule has 0 saturated heterocycles. The summed E-state index contributed by atoms with van der Waals surface area (Å²) in [5.41, 5.74) is 2.21. The summed E-state index contributed by atoms with van der Waals surface area (Å²) in [5.74, 6) is -0.0499. The molecule has 1 atom stereocenters. The van der Waals surface area contributed by atoms with Gasteiger partial charge in [0.15, 0.2) is 0 Å². The van der Waals surface area contributed by atoms with E-state index >= 15 is 0 Å². The molecule has 0 radical (unpaired) electrons. The first-order valence-electron chi connectivity index (χ1n) is 13.5. The summed E-state index contributed by atoms with van der Waals surface area (Å²) in [6.45, 7) is 4.08. The Morgan fingerprint density at radius 3 is 2.24 bits per heavy atom. The van der Waals surface area contributed by atoms with Crippen molar-refractivity contribution >= 4 is 43.5 Å². The summed E-state index contributed by atoms with van der Waals surface area (Å²) in [6.07, 6.45) is 1.78. The summed E-state index contributed by atoms with van der Waals surface area (Å²) in [6, 6.07) is 23.2. The molecule has 2 amide bonds. The molecule has 8 nitrogen and oxygen atoms in total. The maximum atomic E-state index is 13.9. The molecule has 3 rings (SSSR count). The molecule has 220 valence electrons. The van der Waals surface area contributed by atoms with Gasteiger partial charge in [0.1, 0.15) is 11.8 Å². The molecular weight excluding hydrogens is 606 g/mol. The number of carbonyl (C=O) groups is 2. The monoisotopic (exact) mass is 643 g/mol. The molecule has 41 heavy (non-hydrogen) atoms. The number of anilines is 1. The number of nitrogens with zero attached hydrogens (tertiary/aromatic N) is 2. The molecular formula is C31H38BrN3O5S. The second kappa shape index (κ2) is 15.0. The number of rotatable bonds is 14. The molecule has 0 aliphatic heterocycles. The van der Waals surface area contributed by atoms with Crippen LogP contribution >= 0.6 is 15.9 Å². The lowest BCUT2D eigenvalue weighted by atomic mass is 10.0. The van der Waals surface area contributed by atoms with Gasteiger partial charge in [0.25, 0.3) is 0 Å². The van der Waals surface area contributed by atoms with E-state index < -0.39 is 16.1 Å². The number of methoxy groups -OCH3 is 1. The second-order valence-electron chi connectivity index (χ2n) is 10.1. The van der Waals surface area contributed by atoms with Crippen molar-refractivity contribution in [3.63, 3.8) is 0 Å². The lowest BCUT2D eigenvalue weighted by Gasteiger charge is -2.32. The molecule has 0 spiro atoms. The van der Waals surface area contributed by atoms with Crippen molar-refractivity contribution in [3.8, 4) is 5.75 Å². The average molecular weight is 645 g/mol.